The van der Waals surface area contributed by atoms with Crippen molar-refractivity contribution >= 4 is 22.9 Å². The summed E-state index contributed by atoms with van der Waals surface area (Å²) < 4.78 is 38.3. The number of halogens is 3. The molecule has 0 aromatic heterocycles. The third-order valence-electron chi connectivity index (χ3n) is 3.68. The van der Waals surface area contributed by atoms with Crippen LogP contribution in [0, 0.1) is 5.92 Å². The van der Waals surface area contributed by atoms with Crippen molar-refractivity contribution < 1.29 is 13.2 Å². The van der Waals surface area contributed by atoms with Gasteiger partial charge in [-0.25, -0.2) is 0 Å². The predicted octanol–water partition coefficient (Wildman–Crippen LogP) is 3.57. The second kappa shape index (κ2) is 5.24. The number of thiocarbonyl (C=S) groups is 1. The molecule has 0 saturated carbocycles. The van der Waals surface area contributed by atoms with Crippen molar-refractivity contribution in [3.8, 4) is 0 Å². The van der Waals surface area contributed by atoms with Gasteiger partial charge in [-0.1, -0.05) is 19.1 Å². The maximum atomic E-state index is 12.8. The van der Waals surface area contributed by atoms with E-state index in [1.54, 1.807) is 0 Å². The number of rotatable bonds is 2. The normalized spacial score (nSPS) is 23.1. The number of hydrogen-bond acceptors (Lipinski definition) is 2. The van der Waals surface area contributed by atoms with Crippen LogP contribution in [0.3, 0.4) is 0 Å². The number of benzene rings is 1. The molecule has 6 heteroatoms. The van der Waals surface area contributed by atoms with E-state index in [1.165, 1.54) is 6.07 Å². The van der Waals surface area contributed by atoms with E-state index in [9.17, 15) is 13.2 Å². The second-order valence-corrected chi connectivity index (χ2v) is 5.88. The molecule has 1 aromatic rings. The summed E-state index contributed by atoms with van der Waals surface area (Å²) in [5, 5.41) is 0. The summed E-state index contributed by atoms with van der Waals surface area (Å²) in [7, 11) is 0. The molecule has 2 atom stereocenters. The lowest BCUT2D eigenvalue weighted by Gasteiger charge is -2.27. The zero-order chi connectivity index (χ0) is 15.1. The SMILES string of the molecule is CC1CC(C)N(c2ccc(C(F)(F)F)cc2C(N)=S)C1. The van der Waals surface area contributed by atoms with Gasteiger partial charge >= 0.3 is 6.18 Å². The van der Waals surface area contributed by atoms with Crippen molar-refractivity contribution in [3.05, 3.63) is 29.3 Å². The molecule has 0 amide bonds. The van der Waals surface area contributed by atoms with E-state index in [-0.39, 0.29) is 11.0 Å². The third-order valence-corrected chi connectivity index (χ3v) is 3.90. The molecule has 2 unspecified atom stereocenters. The Bertz CT molecular complexity index is 528. The van der Waals surface area contributed by atoms with Crippen molar-refractivity contribution in [1.82, 2.24) is 0 Å². The molecule has 1 fully saturated rings. The summed E-state index contributed by atoms with van der Waals surface area (Å²) >= 11 is 4.92. The van der Waals surface area contributed by atoms with Crippen LogP contribution in [0.15, 0.2) is 18.2 Å². The van der Waals surface area contributed by atoms with Crippen LogP contribution in [-0.2, 0) is 6.18 Å². The largest absolute Gasteiger partial charge is 0.416 e. The van der Waals surface area contributed by atoms with E-state index >= 15 is 0 Å². The predicted molar refractivity (Wildman–Crippen MR) is 77.9 cm³/mol. The molecule has 0 aliphatic carbocycles. The first kappa shape index (κ1) is 15.1. The maximum Gasteiger partial charge on any atom is 0.416 e. The van der Waals surface area contributed by atoms with Gasteiger partial charge < -0.3 is 10.6 Å². The van der Waals surface area contributed by atoms with Gasteiger partial charge in [-0.3, -0.25) is 0 Å². The zero-order valence-electron chi connectivity index (χ0n) is 11.4. The van der Waals surface area contributed by atoms with Crippen LogP contribution in [0.25, 0.3) is 0 Å². The molecule has 1 aliphatic rings. The minimum absolute atomic E-state index is 0.00199. The summed E-state index contributed by atoms with van der Waals surface area (Å²) in [4.78, 5) is 2.08. The Morgan fingerprint density at radius 2 is 2.00 bits per heavy atom. The first-order valence-electron chi connectivity index (χ1n) is 6.48. The molecule has 1 aromatic carbocycles. The lowest BCUT2D eigenvalue weighted by atomic mass is 10.1. The molecule has 0 bridgehead atoms. The van der Waals surface area contributed by atoms with E-state index in [0.717, 1.165) is 25.1 Å². The van der Waals surface area contributed by atoms with Crippen molar-refractivity contribution in [1.29, 1.82) is 0 Å². The molecule has 0 radical (unpaired) electrons. The summed E-state index contributed by atoms with van der Waals surface area (Å²) in [5.74, 6) is 0.506. The van der Waals surface area contributed by atoms with E-state index in [0.29, 0.717) is 17.2 Å². The molecule has 1 aliphatic heterocycles. The van der Waals surface area contributed by atoms with Crippen molar-refractivity contribution in [2.75, 3.05) is 11.4 Å². The summed E-state index contributed by atoms with van der Waals surface area (Å²) in [5.41, 5.74) is 5.89. The fourth-order valence-corrected chi connectivity index (χ4v) is 2.96. The van der Waals surface area contributed by atoms with Gasteiger partial charge in [0.25, 0.3) is 0 Å². The van der Waals surface area contributed by atoms with E-state index in [2.05, 4.69) is 18.7 Å². The Labute approximate surface area is 121 Å². The highest BCUT2D eigenvalue weighted by Crippen LogP contribution is 2.36. The van der Waals surface area contributed by atoms with Gasteiger partial charge in [0, 0.05) is 23.8 Å². The van der Waals surface area contributed by atoms with Crippen LogP contribution in [0.1, 0.15) is 31.4 Å². The first-order valence-corrected chi connectivity index (χ1v) is 6.88. The highest BCUT2D eigenvalue weighted by atomic mass is 32.1. The molecule has 2 nitrogen and oxygen atoms in total. The molecular weight excluding hydrogens is 285 g/mol. The van der Waals surface area contributed by atoms with Crippen molar-refractivity contribution in [2.45, 2.75) is 32.5 Å². The van der Waals surface area contributed by atoms with Gasteiger partial charge in [-0.2, -0.15) is 13.2 Å². The Balaban J connectivity index is 2.46. The van der Waals surface area contributed by atoms with Gasteiger partial charge in [0.05, 0.1) is 5.56 Å². The third kappa shape index (κ3) is 2.90. The Morgan fingerprint density at radius 3 is 2.45 bits per heavy atom. The molecule has 2 N–H and O–H groups in total. The number of nitrogens with zero attached hydrogens (tertiary/aromatic N) is 1. The molecule has 2 rings (SSSR count). The summed E-state index contributed by atoms with van der Waals surface area (Å²) in [6.07, 6.45) is -3.38. The molecule has 110 valence electrons. The molecule has 0 spiro atoms. The molecule has 1 saturated heterocycles. The number of anilines is 1. The van der Waals surface area contributed by atoms with Crippen molar-refractivity contribution in [3.63, 3.8) is 0 Å². The summed E-state index contributed by atoms with van der Waals surface area (Å²) in [6, 6.07) is 3.89. The van der Waals surface area contributed by atoms with Gasteiger partial charge in [-0.05, 0) is 37.5 Å². The van der Waals surface area contributed by atoms with Gasteiger partial charge in [0.1, 0.15) is 4.99 Å². The van der Waals surface area contributed by atoms with Gasteiger partial charge in [-0.15, -0.1) is 0 Å². The Morgan fingerprint density at radius 1 is 1.35 bits per heavy atom. The minimum atomic E-state index is -4.39. The molecular formula is C14H17F3N2S. The Hall–Kier alpha value is -1.30. The maximum absolute atomic E-state index is 12.8. The smallest absolute Gasteiger partial charge is 0.389 e. The average Bonchev–Trinajstić information content (AvgIpc) is 2.66. The van der Waals surface area contributed by atoms with Crippen molar-refractivity contribution in [2.24, 2.45) is 11.7 Å². The highest BCUT2D eigenvalue weighted by Gasteiger charge is 2.33. The number of nitrogens with two attached hydrogens (primary N) is 1. The second-order valence-electron chi connectivity index (χ2n) is 5.44. The fraction of sp³-hybridized carbons (Fsp3) is 0.500. The standard InChI is InChI=1S/C14H17F3N2S/c1-8-5-9(2)19(7-8)12-4-3-10(14(15,16)17)6-11(12)13(18)20/h3-4,6,8-9H,5,7H2,1-2H3,(H2,18,20). The lowest BCUT2D eigenvalue weighted by molar-refractivity contribution is -0.137. The van der Waals surface area contributed by atoms with E-state index in [4.69, 9.17) is 18.0 Å². The fourth-order valence-electron chi connectivity index (χ4n) is 2.80. The zero-order valence-corrected chi connectivity index (χ0v) is 12.2. The van der Waals surface area contributed by atoms with E-state index < -0.39 is 11.7 Å². The van der Waals surface area contributed by atoms with Crippen LogP contribution >= 0.6 is 12.2 Å². The van der Waals surface area contributed by atoms with Crippen LogP contribution in [0.4, 0.5) is 18.9 Å². The first-order chi connectivity index (χ1) is 9.20. The Kier molecular flexibility index (Phi) is 3.95. The number of hydrogen-bond donors (Lipinski definition) is 1. The van der Waals surface area contributed by atoms with Gasteiger partial charge in [0.2, 0.25) is 0 Å². The number of alkyl halides is 3. The quantitative estimate of drug-likeness (QED) is 0.847. The van der Waals surface area contributed by atoms with Crippen LogP contribution in [0.2, 0.25) is 0 Å². The molecule has 1 heterocycles. The van der Waals surface area contributed by atoms with E-state index in [1.807, 2.05) is 0 Å². The van der Waals surface area contributed by atoms with Crippen LogP contribution < -0.4 is 10.6 Å². The monoisotopic (exact) mass is 302 g/mol. The summed E-state index contributed by atoms with van der Waals surface area (Å²) in [6.45, 7) is 4.99. The highest BCUT2D eigenvalue weighted by molar-refractivity contribution is 7.80. The topological polar surface area (TPSA) is 29.3 Å². The average molecular weight is 302 g/mol. The minimum Gasteiger partial charge on any atom is -0.389 e. The van der Waals surface area contributed by atoms with Gasteiger partial charge in [0.15, 0.2) is 0 Å². The van der Waals surface area contributed by atoms with Crippen LogP contribution in [0.5, 0.6) is 0 Å². The van der Waals surface area contributed by atoms with Crippen LogP contribution in [-0.4, -0.2) is 17.6 Å². The lowest BCUT2D eigenvalue weighted by Crippen LogP contribution is -2.29. The molecule has 20 heavy (non-hydrogen) atoms.